The Morgan fingerprint density at radius 1 is 0.464 bits per heavy atom. The molecule has 1 heterocycles. The zero-order valence-corrected chi connectivity index (χ0v) is 55.4. The van der Waals surface area contributed by atoms with E-state index in [1.807, 2.05) is 41.5 Å². The second-order valence-electron chi connectivity index (χ2n) is 25.6. The van der Waals surface area contributed by atoms with Crippen LogP contribution in [0.4, 0.5) is 0 Å². The van der Waals surface area contributed by atoms with Gasteiger partial charge in [0.1, 0.15) is 60.4 Å². The summed E-state index contributed by atoms with van der Waals surface area (Å²) in [6, 6.07) is -12.4. The number of carbonyl (C=O) groups is 11. The smallest absolute Gasteiger partial charge is 0.246 e. The van der Waals surface area contributed by atoms with Crippen LogP contribution in [0, 0.1) is 41.4 Å². The zero-order chi connectivity index (χ0) is 65.3. The zero-order valence-electron chi connectivity index (χ0n) is 55.4. The summed E-state index contributed by atoms with van der Waals surface area (Å²) in [6.07, 6.45) is 2.88. The number of nitrogens with zero attached hydrogens (tertiary/aromatic N) is 7. The van der Waals surface area contributed by atoms with Crippen molar-refractivity contribution >= 4 is 65.0 Å². The molecular formula is C61H109N11O12. The van der Waals surface area contributed by atoms with Crippen LogP contribution in [-0.2, 0) is 52.7 Å². The van der Waals surface area contributed by atoms with Gasteiger partial charge < -0.3 is 60.7 Å². The summed E-state index contributed by atoms with van der Waals surface area (Å²) in [5.41, 5.74) is 0. The Balaban J connectivity index is 4.30. The topological polar surface area (TPSA) is 279 Å². The van der Waals surface area contributed by atoms with Crippen molar-refractivity contribution in [3.63, 3.8) is 0 Å². The van der Waals surface area contributed by atoms with Gasteiger partial charge in [-0.15, -0.1) is 0 Å². The largest absolute Gasteiger partial charge is 0.390 e. The number of aliphatic hydroxyl groups is 1. The lowest BCUT2D eigenvalue weighted by molar-refractivity contribution is -0.157. The summed E-state index contributed by atoms with van der Waals surface area (Å²) in [7, 11) is 9.88. The van der Waals surface area contributed by atoms with Crippen molar-refractivity contribution in [1.82, 2.24) is 55.6 Å². The summed E-state index contributed by atoms with van der Waals surface area (Å²) in [5.74, 6) is -10.1. The van der Waals surface area contributed by atoms with Gasteiger partial charge in [0.15, 0.2) is 0 Å². The summed E-state index contributed by atoms with van der Waals surface area (Å²) >= 11 is 0. The average Bonchev–Trinajstić information content (AvgIpc) is 3.42. The van der Waals surface area contributed by atoms with Gasteiger partial charge in [0.2, 0.25) is 65.0 Å². The van der Waals surface area contributed by atoms with Crippen molar-refractivity contribution in [3.05, 3.63) is 12.2 Å². The Morgan fingerprint density at radius 2 is 0.893 bits per heavy atom. The Bertz CT molecular complexity index is 2310. The molecule has 0 unspecified atom stereocenters. The fraction of sp³-hybridized carbons (Fsp3) is 0.787. The molecule has 0 spiro atoms. The molecule has 5 N–H and O–H groups in total. The van der Waals surface area contributed by atoms with Gasteiger partial charge in [-0.25, -0.2) is 0 Å². The van der Waals surface area contributed by atoms with Crippen LogP contribution >= 0.6 is 0 Å². The SMILES string of the molecule is C/C=C/C[C@@H](C)[C@@H](O)[C@H]1C(=O)N[C@@H](CC)C(=O)N(C)CC(=O)N(C)[C@H](C(C)C)C(=O)N[C@@H](C(C)C)C(=O)N(C)[C@@H](CC(C)C)C(=O)N[C@@H](C)C(=O)N[C@H](C)C(=O)N(C)[C@@H](CC(C)C)C(=O)N(C)[C@@H](CC(C)C)C(=O)N(C)[C@@H](C(C)C)C(=O)N1C. The molecule has 0 aromatic heterocycles. The normalized spacial score (nSPS) is 27.1. The van der Waals surface area contributed by atoms with Gasteiger partial charge in [0, 0.05) is 49.3 Å². The number of rotatable bonds is 14. The van der Waals surface area contributed by atoms with E-state index >= 15 is 9.59 Å². The van der Waals surface area contributed by atoms with Gasteiger partial charge in [-0.2, -0.15) is 0 Å². The molecule has 11 amide bonds. The number of hydrogen-bond acceptors (Lipinski definition) is 12. The van der Waals surface area contributed by atoms with Crippen LogP contribution in [0.3, 0.4) is 0 Å². The van der Waals surface area contributed by atoms with Gasteiger partial charge >= 0.3 is 0 Å². The van der Waals surface area contributed by atoms with Gasteiger partial charge in [-0.05, 0) is 94.3 Å². The molecule has 84 heavy (non-hydrogen) atoms. The van der Waals surface area contributed by atoms with Gasteiger partial charge in [-0.3, -0.25) is 52.7 Å². The monoisotopic (exact) mass is 1190 g/mol. The number of amides is 11. The van der Waals surface area contributed by atoms with Crippen LogP contribution < -0.4 is 21.3 Å². The molecule has 1 rings (SSSR count). The molecule has 0 aromatic carbocycles. The lowest BCUT2D eigenvalue weighted by Gasteiger charge is -2.41. The van der Waals surface area contributed by atoms with E-state index in [4.69, 9.17) is 0 Å². The van der Waals surface area contributed by atoms with Crippen molar-refractivity contribution in [2.45, 2.75) is 216 Å². The number of allylic oxidation sites excluding steroid dienone is 2. The lowest BCUT2D eigenvalue weighted by Crippen LogP contribution is -2.63. The van der Waals surface area contributed by atoms with Crippen molar-refractivity contribution in [1.29, 1.82) is 0 Å². The second kappa shape index (κ2) is 34.1. The highest BCUT2D eigenvalue weighted by Crippen LogP contribution is 2.25. The van der Waals surface area contributed by atoms with Crippen LogP contribution in [0.5, 0.6) is 0 Å². The van der Waals surface area contributed by atoms with Crippen LogP contribution in [0.15, 0.2) is 12.2 Å². The Morgan fingerprint density at radius 3 is 1.35 bits per heavy atom. The maximum Gasteiger partial charge on any atom is 0.246 e. The summed E-state index contributed by atoms with van der Waals surface area (Å²) in [4.78, 5) is 168. The number of carbonyl (C=O) groups excluding carboxylic acids is 11. The highest BCUT2D eigenvalue weighted by molar-refractivity contribution is 5.99. The minimum Gasteiger partial charge on any atom is -0.390 e. The molecule has 1 aliphatic heterocycles. The van der Waals surface area contributed by atoms with Gasteiger partial charge in [0.05, 0.1) is 12.6 Å². The molecule has 1 fully saturated rings. The van der Waals surface area contributed by atoms with Crippen molar-refractivity contribution in [2.24, 2.45) is 41.4 Å². The van der Waals surface area contributed by atoms with Crippen molar-refractivity contribution < 1.29 is 57.8 Å². The quantitative estimate of drug-likeness (QED) is 0.157. The molecular weight excluding hydrogens is 1080 g/mol. The van der Waals surface area contributed by atoms with E-state index in [0.29, 0.717) is 6.42 Å². The van der Waals surface area contributed by atoms with Crippen molar-refractivity contribution in [3.8, 4) is 0 Å². The molecule has 0 radical (unpaired) electrons. The number of aliphatic hydroxyl groups excluding tert-OH is 1. The molecule has 0 aliphatic carbocycles. The molecule has 1 saturated heterocycles. The van der Waals surface area contributed by atoms with E-state index in [1.165, 1.54) is 87.7 Å². The molecule has 0 saturated carbocycles. The lowest BCUT2D eigenvalue weighted by atomic mass is 9.91. The Kier molecular flexibility index (Phi) is 30.8. The molecule has 1 aliphatic rings. The number of likely N-dealkylation sites (N-methyl/N-ethyl adjacent to an activating group) is 7. The minimum atomic E-state index is -1.61. The van der Waals surface area contributed by atoms with E-state index in [9.17, 15) is 48.3 Å². The third-order valence-corrected chi connectivity index (χ3v) is 15.9. The fourth-order valence-corrected chi connectivity index (χ4v) is 10.7. The fourth-order valence-electron chi connectivity index (χ4n) is 10.7. The van der Waals surface area contributed by atoms with E-state index in [1.54, 1.807) is 74.5 Å². The Hall–Kier alpha value is -6.13. The maximum atomic E-state index is 15.1. The molecule has 23 heteroatoms. The van der Waals surface area contributed by atoms with E-state index in [0.717, 1.165) is 9.80 Å². The molecule has 12 atom stereocenters. The first-order valence-electron chi connectivity index (χ1n) is 30.1. The highest BCUT2D eigenvalue weighted by atomic mass is 16.3. The van der Waals surface area contributed by atoms with Gasteiger partial charge in [0.25, 0.3) is 0 Å². The van der Waals surface area contributed by atoms with E-state index < -0.39 is 162 Å². The third-order valence-electron chi connectivity index (χ3n) is 15.9. The molecule has 23 nitrogen and oxygen atoms in total. The van der Waals surface area contributed by atoms with Crippen LogP contribution in [0.25, 0.3) is 0 Å². The van der Waals surface area contributed by atoms with Crippen LogP contribution in [-0.4, -0.2) is 227 Å². The first-order valence-corrected chi connectivity index (χ1v) is 30.1. The molecule has 0 bridgehead atoms. The molecule has 0 aromatic rings. The first kappa shape index (κ1) is 75.9. The minimum absolute atomic E-state index is 0.0215. The van der Waals surface area contributed by atoms with Gasteiger partial charge in [-0.1, -0.05) is 109 Å². The number of hydrogen-bond donors (Lipinski definition) is 5. The standard InChI is InChI=1S/C61H109N11O12/c1-25-27-28-39(15)51(74)50-55(78)64-42(26-2)57(80)66(18)32-46(73)70(22)48(37(11)12)54(77)65-47(36(9)10)60(83)67(19)43(29-33(3)4)53(76)62-40(16)52(75)63-41(17)56(79)68(20)44(30-34(5)6)58(81)69(21)45(31-35(7)8)59(82)71(23)49(38(13)14)61(84)72(50)24/h25,27,33-45,47-51,74H,26,28-32H2,1-24H3,(H,62,76)(H,63,75)(H,64,78)(H,65,77)/b27-25+/t39-,40+,41-,42+,43+,44+,45+,47+,48-,49+,50+,51-/m1/s1. The van der Waals surface area contributed by atoms with Crippen LogP contribution in [0.1, 0.15) is 150 Å². The number of nitrogens with one attached hydrogen (secondary N) is 4. The summed E-state index contributed by atoms with van der Waals surface area (Å²) in [6.45, 7) is 29.0. The first-order chi connectivity index (χ1) is 38.7. The third kappa shape index (κ3) is 20.5. The molecule has 480 valence electrons. The van der Waals surface area contributed by atoms with E-state index in [-0.39, 0.29) is 43.4 Å². The van der Waals surface area contributed by atoms with Crippen molar-refractivity contribution in [2.75, 3.05) is 55.9 Å². The summed E-state index contributed by atoms with van der Waals surface area (Å²) in [5, 5.41) is 23.0. The summed E-state index contributed by atoms with van der Waals surface area (Å²) < 4.78 is 0. The average molecular weight is 1190 g/mol. The maximum absolute atomic E-state index is 15.1. The second-order valence-corrected chi connectivity index (χ2v) is 25.6. The van der Waals surface area contributed by atoms with Crippen LogP contribution in [0.2, 0.25) is 0 Å². The predicted octanol–water partition coefficient (Wildman–Crippen LogP) is 2.88. The Labute approximate surface area is 502 Å². The van der Waals surface area contributed by atoms with E-state index in [2.05, 4.69) is 21.3 Å². The highest BCUT2D eigenvalue weighted by Gasteiger charge is 2.46. The predicted molar refractivity (Wildman–Crippen MR) is 324 cm³/mol.